The van der Waals surface area contributed by atoms with E-state index < -0.39 is 0 Å². The minimum Gasteiger partial charge on any atom is -0.377 e. The number of rotatable bonds is 2. The van der Waals surface area contributed by atoms with Crippen LogP contribution in [0.15, 0.2) is 11.6 Å². The number of fused-ring (bicyclic) bond motifs is 1. The lowest BCUT2D eigenvalue weighted by Gasteiger charge is -2.44. The summed E-state index contributed by atoms with van der Waals surface area (Å²) in [5.41, 5.74) is 1.21. The second-order valence-electron chi connectivity index (χ2n) is 6.31. The summed E-state index contributed by atoms with van der Waals surface area (Å²) in [4.78, 5) is 14.6. The first-order valence-electron chi connectivity index (χ1n) is 8.15. The first-order valence-corrected chi connectivity index (χ1v) is 8.15. The average molecular weight is 278 g/mol. The molecule has 0 aromatic rings. The van der Waals surface area contributed by atoms with Gasteiger partial charge >= 0.3 is 6.03 Å². The van der Waals surface area contributed by atoms with E-state index in [9.17, 15) is 4.79 Å². The number of amides is 2. The minimum atomic E-state index is 0.132. The van der Waals surface area contributed by atoms with Gasteiger partial charge in [0.2, 0.25) is 0 Å². The van der Waals surface area contributed by atoms with Crippen LogP contribution in [0.5, 0.6) is 0 Å². The van der Waals surface area contributed by atoms with E-state index in [1.54, 1.807) is 0 Å². The number of likely N-dealkylation sites (tertiary alicyclic amines) is 1. The molecule has 0 unspecified atom stereocenters. The third-order valence-electron chi connectivity index (χ3n) is 4.95. The van der Waals surface area contributed by atoms with Gasteiger partial charge < -0.3 is 15.0 Å². The van der Waals surface area contributed by atoms with Gasteiger partial charge in [0, 0.05) is 19.1 Å². The summed E-state index contributed by atoms with van der Waals surface area (Å²) in [5.74, 6) is 0.750. The number of hydrogen-bond donors (Lipinski definition) is 1. The number of hydrogen-bond acceptors (Lipinski definition) is 2. The van der Waals surface area contributed by atoms with Gasteiger partial charge in [-0.3, -0.25) is 0 Å². The van der Waals surface area contributed by atoms with Gasteiger partial charge in [0.1, 0.15) is 0 Å². The molecule has 4 heteroatoms. The minimum absolute atomic E-state index is 0.132. The van der Waals surface area contributed by atoms with Crippen LogP contribution in [-0.2, 0) is 4.74 Å². The number of urea groups is 1. The molecule has 112 valence electrons. The predicted molar refractivity (Wildman–Crippen MR) is 78.6 cm³/mol. The van der Waals surface area contributed by atoms with Crippen molar-refractivity contribution in [2.45, 2.75) is 51.0 Å². The van der Waals surface area contributed by atoms with Gasteiger partial charge in [-0.2, -0.15) is 0 Å². The molecular formula is C16H26N2O2. The maximum Gasteiger partial charge on any atom is 0.317 e. The van der Waals surface area contributed by atoms with Crippen molar-refractivity contribution in [1.29, 1.82) is 0 Å². The highest BCUT2D eigenvalue weighted by Gasteiger charge is 2.35. The lowest BCUT2D eigenvalue weighted by Crippen LogP contribution is -2.53. The molecule has 20 heavy (non-hydrogen) atoms. The van der Waals surface area contributed by atoms with E-state index in [-0.39, 0.29) is 6.03 Å². The number of nitrogens with one attached hydrogen (secondary N) is 1. The molecule has 0 aromatic carbocycles. The monoisotopic (exact) mass is 278 g/mol. The highest BCUT2D eigenvalue weighted by Crippen LogP contribution is 2.35. The standard InChI is InChI=1S/C16H26N2O2/c19-16(17-11-13-5-4-10-20-12-13)18-9-3-7-14-6-1-2-8-15(14)18/h5,14-15H,1-4,6-12H2,(H,17,19)/t14-,15-/m0/s1. The fourth-order valence-corrected chi connectivity index (χ4v) is 3.90. The van der Waals surface area contributed by atoms with Gasteiger partial charge in [-0.15, -0.1) is 0 Å². The molecule has 2 fully saturated rings. The van der Waals surface area contributed by atoms with Crippen molar-refractivity contribution in [3.8, 4) is 0 Å². The Bertz CT molecular complexity index is 379. The maximum absolute atomic E-state index is 12.4. The summed E-state index contributed by atoms with van der Waals surface area (Å²) in [7, 11) is 0. The first-order chi connectivity index (χ1) is 9.84. The van der Waals surface area contributed by atoms with E-state index in [4.69, 9.17) is 4.74 Å². The molecule has 1 saturated carbocycles. The van der Waals surface area contributed by atoms with Gasteiger partial charge in [-0.05, 0) is 43.6 Å². The molecule has 1 saturated heterocycles. The van der Waals surface area contributed by atoms with Gasteiger partial charge in [0.25, 0.3) is 0 Å². The number of nitrogens with zero attached hydrogens (tertiary/aromatic N) is 1. The lowest BCUT2D eigenvalue weighted by atomic mass is 9.78. The SMILES string of the molecule is O=C(NCC1=CCCOC1)N1CCC[C@@H]2CCCC[C@@H]21. The molecule has 1 aliphatic carbocycles. The Balaban J connectivity index is 1.54. The van der Waals surface area contributed by atoms with Crippen LogP contribution in [0.2, 0.25) is 0 Å². The van der Waals surface area contributed by atoms with E-state index in [0.717, 1.165) is 25.5 Å². The van der Waals surface area contributed by atoms with Crippen LogP contribution in [0.3, 0.4) is 0 Å². The summed E-state index contributed by atoms with van der Waals surface area (Å²) < 4.78 is 5.41. The Morgan fingerprint density at radius 3 is 3.00 bits per heavy atom. The number of carbonyl (C=O) groups is 1. The van der Waals surface area contributed by atoms with Crippen molar-refractivity contribution in [3.05, 3.63) is 11.6 Å². The predicted octanol–water partition coefficient (Wildman–Crippen LogP) is 2.70. The van der Waals surface area contributed by atoms with Gasteiger partial charge in [-0.1, -0.05) is 18.9 Å². The lowest BCUT2D eigenvalue weighted by molar-refractivity contribution is 0.0842. The normalized spacial score (nSPS) is 30.4. The number of carbonyl (C=O) groups excluding carboxylic acids is 1. The summed E-state index contributed by atoms with van der Waals surface area (Å²) >= 11 is 0. The quantitative estimate of drug-likeness (QED) is 0.789. The topological polar surface area (TPSA) is 41.6 Å². The molecule has 2 atom stereocenters. The number of ether oxygens (including phenoxy) is 1. The molecule has 2 aliphatic heterocycles. The molecule has 4 nitrogen and oxygen atoms in total. The first kappa shape index (κ1) is 13.9. The molecule has 2 heterocycles. The largest absolute Gasteiger partial charge is 0.377 e. The van der Waals surface area contributed by atoms with E-state index >= 15 is 0 Å². The smallest absolute Gasteiger partial charge is 0.317 e. The average Bonchev–Trinajstić information content (AvgIpc) is 2.53. The second kappa shape index (κ2) is 6.61. The van der Waals surface area contributed by atoms with Crippen molar-refractivity contribution in [2.75, 3.05) is 26.3 Å². The Hall–Kier alpha value is -1.03. The van der Waals surface area contributed by atoms with Crippen LogP contribution in [0, 0.1) is 5.92 Å². The fourth-order valence-electron chi connectivity index (χ4n) is 3.90. The third-order valence-corrected chi connectivity index (χ3v) is 4.95. The van der Waals surface area contributed by atoms with Crippen LogP contribution < -0.4 is 5.32 Å². The van der Waals surface area contributed by atoms with E-state index in [0.29, 0.717) is 19.2 Å². The van der Waals surface area contributed by atoms with Gasteiger partial charge in [0.15, 0.2) is 0 Å². The van der Waals surface area contributed by atoms with Crippen molar-refractivity contribution >= 4 is 6.03 Å². The van der Waals surface area contributed by atoms with Crippen LogP contribution >= 0.6 is 0 Å². The fraction of sp³-hybridized carbons (Fsp3) is 0.812. The summed E-state index contributed by atoms with van der Waals surface area (Å²) in [6.45, 7) is 3.06. The summed E-state index contributed by atoms with van der Waals surface area (Å²) in [6, 6.07) is 0.627. The Morgan fingerprint density at radius 2 is 2.15 bits per heavy atom. The molecule has 3 rings (SSSR count). The van der Waals surface area contributed by atoms with Crippen molar-refractivity contribution in [3.63, 3.8) is 0 Å². The van der Waals surface area contributed by atoms with E-state index in [1.165, 1.54) is 44.1 Å². The second-order valence-corrected chi connectivity index (χ2v) is 6.31. The van der Waals surface area contributed by atoms with Crippen LogP contribution in [0.4, 0.5) is 4.79 Å². The summed E-state index contributed by atoms with van der Waals surface area (Å²) in [5, 5.41) is 3.09. The molecule has 0 radical (unpaired) electrons. The van der Waals surface area contributed by atoms with Gasteiger partial charge in [-0.25, -0.2) is 4.79 Å². The summed E-state index contributed by atoms with van der Waals surface area (Å²) in [6.07, 6.45) is 10.8. The highest BCUT2D eigenvalue weighted by atomic mass is 16.5. The van der Waals surface area contributed by atoms with Crippen LogP contribution in [-0.4, -0.2) is 43.3 Å². The third kappa shape index (κ3) is 3.17. The number of piperidine rings is 1. The molecular weight excluding hydrogens is 252 g/mol. The molecule has 2 amide bonds. The molecule has 1 N–H and O–H groups in total. The van der Waals surface area contributed by atoms with E-state index in [1.807, 2.05) is 0 Å². The van der Waals surface area contributed by atoms with Crippen LogP contribution in [0.25, 0.3) is 0 Å². The Labute approximate surface area is 121 Å². The maximum atomic E-state index is 12.4. The van der Waals surface area contributed by atoms with Crippen molar-refractivity contribution in [1.82, 2.24) is 10.2 Å². The molecule has 0 aromatic heterocycles. The van der Waals surface area contributed by atoms with E-state index in [2.05, 4.69) is 16.3 Å². The molecule has 3 aliphatic rings. The Morgan fingerprint density at radius 1 is 1.30 bits per heavy atom. The Kier molecular flexibility index (Phi) is 4.61. The van der Waals surface area contributed by atoms with Crippen molar-refractivity contribution < 1.29 is 9.53 Å². The van der Waals surface area contributed by atoms with Crippen molar-refractivity contribution in [2.24, 2.45) is 5.92 Å². The van der Waals surface area contributed by atoms with Gasteiger partial charge in [0.05, 0.1) is 13.2 Å². The molecule has 0 bridgehead atoms. The zero-order valence-corrected chi connectivity index (χ0v) is 12.3. The molecule has 0 spiro atoms. The highest BCUT2D eigenvalue weighted by molar-refractivity contribution is 5.75. The van der Waals surface area contributed by atoms with Crippen LogP contribution in [0.1, 0.15) is 44.9 Å². The zero-order chi connectivity index (χ0) is 13.8. The zero-order valence-electron chi connectivity index (χ0n) is 12.3.